The van der Waals surface area contributed by atoms with Crippen molar-refractivity contribution in [3.8, 4) is 0 Å². The molecular formula is C12H15ClFNO2. The zero-order valence-corrected chi connectivity index (χ0v) is 10.4. The SMILES string of the molecule is CCCCOC(=O)CNc1c(F)cccc1Cl. The molecule has 0 bridgehead atoms. The van der Waals surface area contributed by atoms with Gasteiger partial charge in [0.2, 0.25) is 0 Å². The summed E-state index contributed by atoms with van der Waals surface area (Å²) in [7, 11) is 0. The molecule has 17 heavy (non-hydrogen) atoms. The van der Waals surface area contributed by atoms with Crippen molar-refractivity contribution >= 4 is 23.3 Å². The van der Waals surface area contributed by atoms with Crippen LogP contribution in [0.2, 0.25) is 5.02 Å². The predicted octanol–water partition coefficient (Wildman–Crippen LogP) is 3.23. The molecule has 1 aromatic carbocycles. The molecule has 1 rings (SSSR count). The van der Waals surface area contributed by atoms with Crippen LogP contribution < -0.4 is 5.32 Å². The summed E-state index contributed by atoms with van der Waals surface area (Å²) in [6.45, 7) is 2.30. The molecule has 5 heteroatoms. The summed E-state index contributed by atoms with van der Waals surface area (Å²) < 4.78 is 18.2. The van der Waals surface area contributed by atoms with Crippen LogP contribution in [-0.4, -0.2) is 19.1 Å². The van der Waals surface area contributed by atoms with E-state index in [1.54, 1.807) is 6.07 Å². The molecule has 0 aliphatic heterocycles. The van der Waals surface area contributed by atoms with Crippen molar-refractivity contribution in [2.24, 2.45) is 0 Å². The van der Waals surface area contributed by atoms with Crippen molar-refractivity contribution in [2.45, 2.75) is 19.8 Å². The Kier molecular flexibility index (Phi) is 5.77. The highest BCUT2D eigenvalue weighted by molar-refractivity contribution is 6.33. The number of nitrogens with one attached hydrogen (secondary N) is 1. The Bertz CT molecular complexity index is 365. The van der Waals surface area contributed by atoms with E-state index in [2.05, 4.69) is 5.32 Å². The minimum absolute atomic E-state index is 0.0929. The third-order valence-corrected chi connectivity index (χ3v) is 2.45. The number of anilines is 1. The molecule has 1 N–H and O–H groups in total. The van der Waals surface area contributed by atoms with Gasteiger partial charge in [0.05, 0.1) is 17.3 Å². The number of hydrogen-bond acceptors (Lipinski definition) is 3. The average molecular weight is 260 g/mol. The highest BCUT2D eigenvalue weighted by Crippen LogP contribution is 2.24. The van der Waals surface area contributed by atoms with E-state index in [0.717, 1.165) is 12.8 Å². The predicted molar refractivity (Wildman–Crippen MR) is 65.8 cm³/mol. The molecule has 0 fully saturated rings. The number of carbonyl (C=O) groups excluding carboxylic acids is 1. The maximum absolute atomic E-state index is 13.3. The molecule has 0 heterocycles. The lowest BCUT2D eigenvalue weighted by Gasteiger charge is -2.09. The molecule has 0 unspecified atom stereocenters. The molecule has 0 aromatic heterocycles. The molecule has 3 nitrogen and oxygen atoms in total. The van der Waals surface area contributed by atoms with Crippen LogP contribution >= 0.6 is 11.6 Å². The monoisotopic (exact) mass is 259 g/mol. The Morgan fingerprint density at radius 1 is 1.53 bits per heavy atom. The van der Waals surface area contributed by atoms with Gasteiger partial charge in [-0.15, -0.1) is 0 Å². The smallest absolute Gasteiger partial charge is 0.325 e. The lowest BCUT2D eigenvalue weighted by Crippen LogP contribution is -2.18. The lowest BCUT2D eigenvalue weighted by molar-refractivity contribution is -0.141. The Hall–Kier alpha value is -1.29. The standard InChI is InChI=1S/C12H15ClFNO2/c1-2-3-7-17-11(16)8-15-12-9(13)5-4-6-10(12)14/h4-6,15H,2-3,7-8H2,1H3. The van der Waals surface area contributed by atoms with Crippen LogP contribution in [0.5, 0.6) is 0 Å². The molecule has 0 saturated heterocycles. The number of esters is 1. The number of halogens is 2. The normalized spacial score (nSPS) is 10.1. The van der Waals surface area contributed by atoms with E-state index in [9.17, 15) is 9.18 Å². The lowest BCUT2D eigenvalue weighted by atomic mass is 10.3. The molecule has 0 amide bonds. The van der Waals surface area contributed by atoms with Gasteiger partial charge in [0.1, 0.15) is 12.4 Å². The molecule has 0 radical (unpaired) electrons. The average Bonchev–Trinajstić information content (AvgIpc) is 2.29. The highest BCUT2D eigenvalue weighted by Gasteiger charge is 2.08. The number of rotatable bonds is 6. The van der Waals surface area contributed by atoms with Crippen molar-refractivity contribution in [2.75, 3.05) is 18.5 Å². The Balaban J connectivity index is 2.42. The summed E-state index contributed by atoms with van der Waals surface area (Å²) in [5.41, 5.74) is 0.126. The van der Waals surface area contributed by atoms with Crippen LogP contribution in [0.15, 0.2) is 18.2 Å². The van der Waals surface area contributed by atoms with Crippen LogP contribution in [0.4, 0.5) is 10.1 Å². The van der Waals surface area contributed by atoms with Gasteiger partial charge in [-0.1, -0.05) is 31.0 Å². The third-order valence-electron chi connectivity index (χ3n) is 2.13. The molecule has 0 spiro atoms. The zero-order chi connectivity index (χ0) is 12.7. The second kappa shape index (κ2) is 7.12. The van der Waals surface area contributed by atoms with Crippen molar-refractivity contribution < 1.29 is 13.9 Å². The first-order valence-corrected chi connectivity index (χ1v) is 5.86. The second-order valence-corrected chi connectivity index (χ2v) is 3.93. The maximum atomic E-state index is 13.3. The number of benzene rings is 1. The first kappa shape index (κ1) is 13.8. The molecule has 94 valence electrons. The Labute approximate surface area is 105 Å². The van der Waals surface area contributed by atoms with Gasteiger partial charge in [-0.25, -0.2) is 4.39 Å². The summed E-state index contributed by atoms with van der Waals surface area (Å²) >= 11 is 5.79. The molecule has 0 aliphatic rings. The summed E-state index contributed by atoms with van der Waals surface area (Å²) in [5.74, 6) is -0.906. The number of ether oxygens (including phenoxy) is 1. The summed E-state index contributed by atoms with van der Waals surface area (Å²) in [5, 5.41) is 2.87. The number of carbonyl (C=O) groups is 1. The van der Waals surface area contributed by atoms with Gasteiger partial charge in [-0.2, -0.15) is 0 Å². The van der Waals surface area contributed by atoms with Gasteiger partial charge < -0.3 is 10.1 Å². The third kappa shape index (κ3) is 4.61. The fourth-order valence-corrected chi connectivity index (χ4v) is 1.44. The van der Waals surface area contributed by atoms with Crippen LogP contribution in [0.1, 0.15) is 19.8 Å². The summed E-state index contributed by atoms with van der Waals surface area (Å²) in [6.07, 6.45) is 1.78. The van der Waals surface area contributed by atoms with E-state index < -0.39 is 11.8 Å². The number of hydrogen-bond donors (Lipinski definition) is 1. The first-order chi connectivity index (χ1) is 8.15. The van der Waals surface area contributed by atoms with Crippen molar-refractivity contribution in [3.63, 3.8) is 0 Å². The van der Waals surface area contributed by atoms with Crippen LogP contribution in [0, 0.1) is 5.82 Å². The fraction of sp³-hybridized carbons (Fsp3) is 0.417. The number of unbranched alkanes of at least 4 members (excludes halogenated alkanes) is 1. The van der Waals surface area contributed by atoms with E-state index >= 15 is 0 Å². The van der Waals surface area contributed by atoms with Gasteiger partial charge in [-0.05, 0) is 18.6 Å². The van der Waals surface area contributed by atoms with Crippen LogP contribution in [0.3, 0.4) is 0 Å². The van der Waals surface area contributed by atoms with Gasteiger partial charge in [0, 0.05) is 0 Å². The van der Waals surface area contributed by atoms with E-state index in [1.807, 2.05) is 6.92 Å². The summed E-state index contributed by atoms with van der Waals surface area (Å²) in [4.78, 5) is 11.3. The second-order valence-electron chi connectivity index (χ2n) is 3.52. The van der Waals surface area contributed by atoms with Gasteiger partial charge in [-0.3, -0.25) is 4.79 Å². The Morgan fingerprint density at radius 2 is 2.29 bits per heavy atom. The Morgan fingerprint density at radius 3 is 2.94 bits per heavy atom. The zero-order valence-electron chi connectivity index (χ0n) is 9.63. The van der Waals surface area contributed by atoms with Gasteiger partial charge in [0.15, 0.2) is 0 Å². The highest BCUT2D eigenvalue weighted by atomic mass is 35.5. The van der Waals surface area contributed by atoms with E-state index in [0.29, 0.717) is 6.61 Å². The van der Waals surface area contributed by atoms with Gasteiger partial charge in [0.25, 0.3) is 0 Å². The van der Waals surface area contributed by atoms with E-state index in [4.69, 9.17) is 16.3 Å². The topological polar surface area (TPSA) is 38.3 Å². The quantitative estimate of drug-likeness (QED) is 0.630. The number of para-hydroxylation sites is 1. The molecule has 0 aliphatic carbocycles. The van der Waals surface area contributed by atoms with Crippen molar-refractivity contribution in [1.82, 2.24) is 0 Å². The van der Waals surface area contributed by atoms with Crippen LogP contribution in [0.25, 0.3) is 0 Å². The molecule has 0 atom stereocenters. The summed E-state index contributed by atoms with van der Waals surface area (Å²) in [6, 6.07) is 4.33. The van der Waals surface area contributed by atoms with E-state index in [-0.39, 0.29) is 17.3 Å². The first-order valence-electron chi connectivity index (χ1n) is 5.48. The fourth-order valence-electron chi connectivity index (χ4n) is 1.21. The van der Waals surface area contributed by atoms with Crippen molar-refractivity contribution in [1.29, 1.82) is 0 Å². The molecule has 1 aromatic rings. The van der Waals surface area contributed by atoms with Gasteiger partial charge >= 0.3 is 5.97 Å². The maximum Gasteiger partial charge on any atom is 0.325 e. The molecule has 0 saturated carbocycles. The minimum atomic E-state index is -0.487. The van der Waals surface area contributed by atoms with Crippen LogP contribution in [-0.2, 0) is 9.53 Å². The van der Waals surface area contributed by atoms with E-state index in [1.165, 1.54) is 12.1 Å². The molecular weight excluding hydrogens is 245 g/mol. The minimum Gasteiger partial charge on any atom is -0.464 e. The van der Waals surface area contributed by atoms with Crippen molar-refractivity contribution in [3.05, 3.63) is 29.0 Å². The largest absolute Gasteiger partial charge is 0.464 e.